The number of thioether (sulfide) groups is 1. The molecule has 140 valence electrons. The van der Waals surface area contributed by atoms with Gasteiger partial charge in [0.1, 0.15) is 5.92 Å². The maximum absolute atomic E-state index is 12.7. The minimum atomic E-state index is -1.43. The normalized spacial score (nSPS) is 15.1. The fourth-order valence-corrected chi connectivity index (χ4v) is 3.66. The Labute approximate surface area is 157 Å². The summed E-state index contributed by atoms with van der Waals surface area (Å²) in [6.07, 6.45) is 0.684. The van der Waals surface area contributed by atoms with Gasteiger partial charge >= 0.3 is 0 Å². The molecule has 1 aliphatic carbocycles. The van der Waals surface area contributed by atoms with Crippen LogP contribution in [0.25, 0.3) is 0 Å². The molecule has 0 saturated heterocycles. The number of aryl methyl sites for hydroxylation is 1. The maximum atomic E-state index is 12.7. The zero-order valence-electron chi connectivity index (χ0n) is 14.3. The second kappa shape index (κ2) is 7.74. The van der Waals surface area contributed by atoms with Gasteiger partial charge in [0.2, 0.25) is 5.16 Å². The van der Waals surface area contributed by atoms with Crippen LogP contribution in [0.4, 0.5) is 5.69 Å². The highest BCUT2D eigenvalue weighted by atomic mass is 32.2. The van der Waals surface area contributed by atoms with E-state index in [0.29, 0.717) is 22.9 Å². The monoisotopic (exact) mass is 389 g/mol. The first-order chi connectivity index (χ1) is 12.9. The number of Topliss-reactive ketones (excluding diaryl/α,β-unsaturated/α-hetero) is 3. The number of nitro benzene ring substituents is 1. The van der Waals surface area contributed by atoms with Crippen LogP contribution in [0.15, 0.2) is 23.4 Å². The predicted octanol–water partition coefficient (Wildman–Crippen LogP) is 1.53. The van der Waals surface area contributed by atoms with E-state index in [1.54, 1.807) is 13.1 Å². The van der Waals surface area contributed by atoms with Gasteiger partial charge < -0.3 is 0 Å². The summed E-state index contributed by atoms with van der Waals surface area (Å²) in [5.41, 5.74) is -0.0458. The van der Waals surface area contributed by atoms with Gasteiger partial charge in [0.05, 0.1) is 10.5 Å². The summed E-state index contributed by atoms with van der Waals surface area (Å²) in [5.74, 6) is -2.82. The zero-order chi connectivity index (χ0) is 19.6. The van der Waals surface area contributed by atoms with Gasteiger partial charge in [-0.2, -0.15) is 0 Å². The van der Waals surface area contributed by atoms with Crippen molar-refractivity contribution in [1.29, 1.82) is 0 Å². The van der Waals surface area contributed by atoms with Crippen LogP contribution >= 0.6 is 11.8 Å². The van der Waals surface area contributed by atoms with Crippen LogP contribution in [-0.2, 0) is 22.4 Å². The molecule has 3 rings (SSSR count). The Morgan fingerprint density at radius 1 is 1.33 bits per heavy atom. The number of nitro groups is 1. The molecule has 0 unspecified atom stereocenters. The Morgan fingerprint density at radius 2 is 2.04 bits per heavy atom. The van der Waals surface area contributed by atoms with Gasteiger partial charge in [-0.3, -0.25) is 24.5 Å². The van der Waals surface area contributed by atoms with Crippen LogP contribution in [-0.4, -0.2) is 42.5 Å². The molecule has 10 nitrogen and oxygen atoms in total. The van der Waals surface area contributed by atoms with Gasteiger partial charge in [0.15, 0.2) is 17.3 Å². The zero-order valence-corrected chi connectivity index (χ0v) is 15.1. The lowest BCUT2D eigenvalue weighted by Gasteiger charge is -2.18. The van der Waals surface area contributed by atoms with Gasteiger partial charge in [0.25, 0.3) is 5.69 Å². The molecule has 2 aromatic rings. The van der Waals surface area contributed by atoms with E-state index in [9.17, 15) is 24.5 Å². The Balaban J connectivity index is 1.86. The van der Waals surface area contributed by atoms with Crippen LogP contribution in [0.3, 0.4) is 0 Å². The molecule has 1 fully saturated rings. The van der Waals surface area contributed by atoms with E-state index in [1.165, 1.54) is 28.6 Å². The summed E-state index contributed by atoms with van der Waals surface area (Å²) in [6.45, 7) is 0. The van der Waals surface area contributed by atoms with E-state index in [0.717, 1.165) is 0 Å². The minimum Gasteiger partial charge on any atom is -0.298 e. The fraction of sp³-hybridized carbons (Fsp3) is 0.375. The molecule has 0 amide bonds. The third kappa shape index (κ3) is 3.92. The van der Waals surface area contributed by atoms with Gasteiger partial charge in [-0.15, -0.1) is 5.10 Å². The molecule has 1 aromatic carbocycles. The largest absolute Gasteiger partial charge is 0.298 e. The molecule has 1 heterocycles. The maximum Gasteiger partial charge on any atom is 0.280 e. The van der Waals surface area contributed by atoms with E-state index in [4.69, 9.17) is 0 Å². The summed E-state index contributed by atoms with van der Waals surface area (Å²) in [6, 6.07) is 4.15. The highest BCUT2D eigenvalue weighted by molar-refractivity contribution is 7.98. The number of benzene rings is 1. The molecule has 0 aliphatic heterocycles. The number of ketones is 3. The van der Waals surface area contributed by atoms with Crippen molar-refractivity contribution in [3.05, 3.63) is 39.4 Å². The number of aromatic nitrogens is 4. The highest BCUT2D eigenvalue weighted by Crippen LogP contribution is 2.29. The molecule has 1 aliphatic rings. The number of hydrogen-bond donors (Lipinski definition) is 0. The first-order valence-corrected chi connectivity index (χ1v) is 9.09. The molecule has 1 aromatic heterocycles. The molecule has 0 bridgehead atoms. The molecule has 1 saturated carbocycles. The SMILES string of the molecule is Cn1nnnc1SCc1ccc(C(=O)C2C(=O)CCCC2=O)c([N+](=O)[O-])c1. The lowest BCUT2D eigenvalue weighted by atomic mass is 9.81. The van der Waals surface area contributed by atoms with Crippen LogP contribution in [0.2, 0.25) is 0 Å². The summed E-state index contributed by atoms with van der Waals surface area (Å²) in [5, 5.41) is 23.0. The van der Waals surface area contributed by atoms with Gasteiger partial charge in [-0.1, -0.05) is 17.8 Å². The summed E-state index contributed by atoms with van der Waals surface area (Å²) in [7, 11) is 1.67. The van der Waals surface area contributed by atoms with Crippen molar-refractivity contribution in [1.82, 2.24) is 20.2 Å². The Hall–Kier alpha value is -2.95. The molecule has 27 heavy (non-hydrogen) atoms. The van der Waals surface area contributed by atoms with Gasteiger partial charge in [-0.05, 0) is 28.5 Å². The van der Waals surface area contributed by atoms with Crippen LogP contribution < -0.4 is 0 Å². The Morgan fingerprint density at radius 3 is 2.63 bits per heavy atom. The van der Waals surface area contributed by atoms with Crippen molar-refractivity contribution in [2.24, 2.45) is 13.0 Å². The van der Waals surface area contributed by atoms with Crippen molar-refractivity contribution in [3.63, 3.8) is 0 Å². The Kier molecular flexibility index (Phi) is 5.40. The molecular formula is C16H15N5O5S. The fourth-order valence-electron chi connectivity index (χ4n) is 2.87. The second-order valence-corrected chi connectivity index (χ2v) is 7.01. The van der Waals surface area contributed by atoms with Crippen molar-refractivity contribution in [3.8, 4) is 0 Å². The number of rotatable bonds is 6. The van der Waals surface area contributed by atoms with Crippen LogP contribution in [0.1, 0.15) is 35.2 Å². The van der Waals surface area contributed by atoms with E-state index in [2.05, 4.69) is 15.5 Å². The van der Waals surface area contributed by atoms with E-state index < -0.39 is 33.9 Å². The second-order valence-electron chi connectivity index (χ2n) is 6.07. The van der Waals surface area contributed by atoms with Gasteiger partial charge in [0, 0.05) is 31.7 Å². The first kappa shape index (κ1) is 18.8. The number of carbonyl (C=O) groups excluding carboxylic acids is 3. The predicted molar refractivity (Wildman–Crippen MR) is 93.1 cm³/mol. The quantitative estimate of drug-likeness (QED) is 0.237. The van der Waals surface area contributed by atoms with Gasteiger partial charge in [-0.25, -0.2) is 4.68 Å². The van der Waals surface area contributed by atoms with E-state index >= 15 is 0 Å². The van der Waals surface area contributed by atoms with Crippen LogP contribution in [0, 0.1) is 16.0 Å². The molecular weight excluding hydrogens is 374 g/mol. The smallest absolute Gasteiger partial charge is 0.280 e. The Bertz CT molecular complexity index is 925. The van der Waals surface area contributed by atoms with Crippen molar-refractivity contribution >= 4 is 34.8 Å². The first-order valence-electron chi connectivity index (χ1n) is 8.10. The lowest BCUT2D eigenvalue weighted by molar-refractivity contribution is -0.385. The average Bonchev–Trinajstić information content (AvgIpc) is 3.04. The number of carbonyl (C=O) groups is 3. The number of tetrazole rings is 1. The molecule has 0 N–H and O–H groups in total. The lowest BCUT2D eigenvalue weighted by Crippen LogP contribution is -2.35. The number of hydrogen-bond acceptors (Lipinski definition) is 9. The third-order valence-corrected chi connectivity index (χ3v) is 5.31. The summed E-state index contributed by atoms with van der Waals surface area (Å²) in [4.78, 5) is 47.4. The molecule has 11 heteroatoms. The standard InChI is InChI=1S/C16H15N5O5S/c1-20-16(17-18-19-20)27-8-9-5-6-10(11(7-9)21(25)26)15(24)14-12(22)3-2-4-13(14)23/h5-7,14H,2-4,8H2,1H3. The topological polar surface area (TPSA) is 138 Å². The molecule has 0 atom stereocenters. The van der Waals surface area contributed by atoms with Crippen molar-refractivity contribution in [2.45, 2.75) is 30.2 Å². The number of nitrogens with zero attached hydrogens (tertiary/aromatic N) is 5. The molecule has 0 spiro atoms. The highest BCUT2D eigenvalue weighted by Gasteiger charge is 2.38. The molecule has 0 radical (unpaired) electrons. The summed E-state index contributed by atoms with van der Waals surface area (Å²) < 4.78 is 1.47. The van der Waals surface area contributed by atoms with E-state index in [-0.39, 0.29) is 18.4 Å². The average molecular weight is 389 g/mol. The third-order valence-electron chi connectivity index (χ3n) is 4.23. The van der Waals surface area contributed by atoms with E-state index in [1.807, 2.05) is 0 Å². The van der Waals surface area contributed by atoms with Crippen molar-refractivity contribution in [2.75, 3.05) is 0 Å². The van der Waals surface area contributed by atoms with Crippen LogP contribution in [0.5, 0.6) is 0 Å². The minimum absolute atomic E-state index is 0.135. The van der Waals surface area contributed by atoms with Crippen molar-refractivity contribution < 1.29 is 19.3 Å². The summed E-state index contributed by atoms with van der Waals surface area (Å²) >= 11 is 1.28.